The normalized spacial score (nSPS) is 20.0. The molecular formula is C29H32N2O2. The summed E-state index contributed by atoms with van der Waals surface area (Å²) in [6.07, 6.45) is 10.7. The molecular weight excluding hydrogens is 408 g/mol. The van der Waals surface area contributed by atoms with Crippen molar-refractivity contribution in [3.63, 3.8) is 0 Å². The molecule has 4 heteroatoms. The number of ether oxygens (including phenoxy) is 2. The van der Waals surface area contributed by atoms with Gasteiger partial charge in [0.25, 0.3) is 0 Å². The molecule has 1 saturated carbocycles. The fraction of sp³-hybridized carbons (Fsp3) is 0.414. The van der Waals surface area contributed by atoms with E-state index in [4.69, 9.17) is 9.47 Å². The van der Waals surface area contributed by atoms with Crippen LogP contribution in [0.15, 0.2) is 66.9 Å². The third-order valence-electron chi connectivity index (χ3n) is 7.84. The van der Waals surface area contributed by atoms with Crippen molar-refractivity contribution in [2.75, 3.05) is 13.1 Å². The smallest absolute Gasteiger partial charge is 0.213 e. The number of likely N-dealkylation sites (tertiary alicyclic amines) is 1. The van der Waals surface area contributed by atoms with Gasteiger partial charge >= 0.3 is 0 Å². The minimum Gasteiger partial charge on any atom is -0.487 e. The number of piperidine rings is 1. The Morgan fingerprint density at radius 1 is 0.939 bits per heavy atom. The van der Waals surface area contributed by atoms with Crippen molar-refractivity contribution in [1.29, 1.82) is 0 Å². The fourth-order valence-corrected chi connectivity index (χ4v) is 5.47. The third kappa shape index (κ3) is 4.37. The molecule has 170 valence electrons. The summed E-state index contributed by atoms with van der Waals surface area (Å²) in [7, 11) is 0. The van der Waals surface area contributed by atoms with Gasteiger partial charge in [0.15, 0.2) is 0 Å². The summed E-state index contributed by atoms with van der Waals surface area (Å²) in [6, 6.07) is 21.7. The summed E-state index contributed by atoms with van der Waals surface area (Å²) >= 11 is 0. The van der Waals surface area contributed by atoms with Gasteiger partial charge in [0, 0.05) is 37.0 Å². The van der Waals surface area contributed by atoms with E-state index in [0.29, 0.717) is 12.5 Å². The molecule has 0 bridgehead atoms. The molecule has 2 fully saturated rings. The van der Waals surface area contributed by atoms with Gasteiger partial charge in [-0.25, -0.2) is 4.98 Å². The summed E-state index contributed by atoms with van der Waals surface area (Å²) in [6.45, 7) is 2.93. The highest BCUT2D eigenvalue weighted by Crippen LogP contribution is 2.42. The number of aromatic nitrogens is 1. The number of pyridine rings is 1. The van der Waals surface area contributed by atoms with Crippen LogP contribution < -0.4 is 9.47 Å². The largest absolute Gasteiger partial charge is 0.487 e. The molecule has 0 amide bonds. The van der Waals surface area contributed by atoms with Crippen molar-refractivity contribution >= 4 is 0 Å². The molecule has 2 aromatic carbocycles. The van der Waals surface area contributed by atoms with Gasteiger partial charge in [0.2, 0.25) is 5.88 Å². The Morgan fingerprint density at radius 2 is 1.76 bits per heavy atom. The van der Waals surface area contributed by atoms with Crippen LogP contribution in [0.2, 0.25) is 0 Å². The summed E-state index contributed by atoms with van der Waals surface area (Å²) in [5.74, 6) is 1.73. The minimum atomic E-state index is 0.0497. The first-order valence-corrected chi connectivity index (χ1v) is 12.5. The number of rotatable bonds is 5. The molecule has 0 unspecified atom stereocenters. The number of benzene rings is 2. The third-order valence-corrected chi connectivity index (χ3v) is 7.84. The maximum Gasteiger partial charge on any atom is 0.213 e. The second-order valence-electron chi connectivity index (χ2n) is 9.89. The van der Waals surface area contributed by atoms with Crippen LogP contribution >= 0.6 is 0 Å². The average Bonchev–Trinajstić information content (AvgIpc) is 2.84. The fourth-order valence-electron chi connectivity index (χ4n) is 5.47. The van der Waals surface area contributed by atoms with E-state index in [1.165, 1.54) is 56.3 Å². The highest BCUT2D eigenvalue weighted by molar-refractivity contribution is 5.65. The van der Waals surface area contributed by atoms with Gasteiger partial charge in [-0.1, -0.05) is 42.8 Å². The lowest BCUT2D eigenvalue weighted by Gasteiger charge is -2.48. The SMILES string of the molecule is c1ccc(COc2ccc(-c3ccc4c(c3)CCC3(CCN(C5CCC5)CC3)O4)cn2)cc1. The molecule has 6 rings (SSSR count). The maximum absolute atomic E-state index is 6.66. The topological polar surface area (TPSA) is 34.6 Å². The maximum atomic E-state index is 6.66. The van der Waals surface area contributed by atoms with E-state index in [9.17, 15) is 0 Å². The van der Waals surface area contributed by atoms with Crippen LogP contribution in [-0.2, 0) is 13.0 Å². The first kappa shape index (κ1) is 20.7. The predicted molar refractivity (Wildman–Crippen MR) is 131 cm³/mol. The summed E-state index contributed by atoms with van der Waals surface area (Å²) in [5.41, 5.74) is 4.82. The van der Waals surface area contributed by atoms with E-state index in [-0.39, 0.29) is 5.60 Å². The van der Waals surface area contributed by atoms with Crippen molar-refractivity contribution in [2.24, 2.45) is 0 Å². The van der Waals surface area contributed by atoms with Gasteiger partial charge < -0.3 is 14.4 Å². The second-order valence-corrected chi connectivity index (χ2v) is 9.89. The number of hydrogen-bond donors (Lipinski definition) is 0. The number of aryl methyl sites for hydroxylation is 1. The first-order chi connectivity index (χ1) is 16.3. The predicted octanol–water partition coefficient (Wildman–Crippen LogP) is 6.04. The molecule has 4 nitrogen and oxygen atoms in total. The molecule has 1 aliphatic carbocycles. The summed E-state index contributed by atoms with van der Waals surface area (Å²) < 4.78 is 12.5. The zero-order chi connectivity index (χ0) is 22.1. The van der Waals surface area contributed by atoms with E-state index in [2.05, 4.69) is 46.3 Å². The number of hydrogen-bond acceptors (Lipinski definition) is 4. The highest BCUT2D eigenvalue weighted by Gasteiger charge is 2.41. The van der Waals surface area contributed by atoms with E-state index in [0.717, 1.165) is 35.8 Å². The molecule has 2 aliphatic heterocycles. The van der Waals surface area contributed by atoms with E-state index in [1.54, 1.807) is 0 Å². The van der Waals surface area contributed by atoms with Gasteiger partial charge in [-0.2, -0.15) is 0 Å². The molecule has 33 heavy (non-hydrogen) atoms. The van der Waals surface area contributed by atoms with Gasteiger partial charge in [-0.05, 0) is 73.4 Å². The monoisotopic (exact) mass is 440 g/mol. The van der Waals surface area contributed by atoms with Crippen LogP contribution in [-0.4, -0.2) is 34.6 Å². The zero-order valence-electron chi connectivity index (χ0n) is 19.2. The molecule has 1 saturated heterocycles. The van der Waals surface area contributed by atoms with Crippen molar-refractivity contribution < 1.29 is 9.47 Å². The lowest BCUT2D eigenvalue weighted by Crippen LogP contribution is -2.53. The summed E-state index contributed by atoms with van der Waals surface area (Å²) in [4.78, 5) is 7.23. The molecule has 0 N–H and O–H groups in total. The van der Waals surface area contributed by atoms with Crippen LogP contribution in [0.25, 0.3) is 11.1 Å². The lowest BCUT2D eigenvalue weighted by atomic mass is 9.81. The molecule has 1 spiro atoms. The van der Waals surface area contributed by atoms with E-state index in [1.807, 2.05) is 30.5 Å². The van der Waals surface area contributed by atoms with Crippen molar-refractivity contribution in [3.05, 3.63) is 78.0 Å². The Balaban J connectivity index is 1.10. The van der Waals surface area contributed by atoms with Gasteiger partial charge in [0.05, 0.1) is 0 Å². The highest BCUT2D eigenvalue weighted by atomic mass is 16.5. The zero-order valence-corrected chi connectivity index (χ0v) is 19.2. The van der Waals surface area contributed by atoms with Gasteiger partial charge in [-0.15, -0.1) is 0 Å². The first-order valence-electron chi connectivity index (χ1n) is 12.5. The van der Waals surface area contributed by atoms with Crippen molar-refractivity contribution in [3.8, 4) is 22.8 Å². The van der Waals surface area contributed by atoms with Gasteiger partial charge in [0.1, 0.15) is 18.0 Å². The van der Waals surface area contributed by atoms with Crippen LogP contribution in [0, 0.1) is 0 Å². The van der Waals surface area contributed by atoms with Crippen molar-refractivity contribution in [1.82, 2.24) is 9.88 Å². The Hall–Kier alpha value is -2.85. The van der Waals surface area contributed by atoms with Crippen molar-refractivity contribution in [2.45, 2.75) is 63.2 Å². The second kappa shape index (κ2) is 8.83. The number of nitrogens with zero attached hydrogens (tertiary/aromatic N) is 2. The Labute approximate surface area is 196 Å². The van der Waals surface area contributed by atoms with E-state index < -0.39 is 0 Å². The Morgan fingerprint density at radius 3 is 2.48 bits per heavy atom. The molecule has 3 aliphatic rings. The van der Waals surface area contributed by atoms with Crippen LogP contribution in [0.5, 0.6) is 11.6 Å². The molecule has 1 aromatic heterocycles. The summed E-state index contributed by atoms with van der Waals surface area (Å²) in [5, 5.41) is 0. The average molecular weight is 441 g/mol. The van der Waals surface area contributed by atoms with Gasteiger partial charge in [-0.3, -0.25) is 0 Å². The molecule has 0 atom stereocenters. The molecule has 3 heterocycles. The number of fused-ring (bicyclic) bond motifs is 1. The standard InChI is InChI=1S/C29H32N2O2/c1-2-5-22(6-3-1)21-32-28-12-10-25(20-30-28)23-9-11-27-24(19-23)13-14-29(33-27)15-17-31(18-16-29)26-7-4-8-26/h1-3,5-6,9-12,19-20,26H,4,7-8,13-18,21H2. The van der Waals surface area contributed by atoms with Crippen LogP contribution in [0.4, 0.5) is 0 Å². The minimum absolute atomic E-state index is 0.0497. The lowest BCUT2D eigenvalue weighted by molar-refractivity contribution is -0.0336. The van der Waals surface area contributed by atoms with Crippen LogP contribution in [0.1, 0.15) is 49.7 Å². The van der Waals surface area contributed by atoms with Crippen LogP contribution in [0.3, 0.4) is 0 Å². The Bertz CT molecular complexity index is 1080. The molecule has 0 radical (unpaired) electrons. The van der Waals surface area contributed by atoms with E-state index >= 15 is 0 Å². The quantitative estimate of drug-likeness (QED) is 0.484. The molecule has 3 aromatic rings. The Kier molecular flexibility index (Phi) is 5.55.